The molecule has 0 amide bonds. The maximum absolute atomic E-state index is 12.9. The highest BCUT2D eigenvalue weighted by Gasteiger charge is 2.16. The molecule has 0 spiro atoms. The van der Waals surface area contributed by atoms with Crippen LogP contribution in [0.4, 0.5) is 10.1 Å². The number of halogens is 1. The van der Waals surface area contributed by atoms with Gasteiger partial charge in [0.25, 0.3) is 10.0 Å². The van der Waals surface area contributed by atoms with Gasteiger partial charge in [0, 0.05) is 10.9 Å². The average Bonchev–Trinajstić information content (AvgIpc) is 2.65. The second-order valence-corrected chi connectivity index (χ2v) is 6.56. The van der Waals surface area contributed by atoms with Gasteiger partial charge in [-0.15, -0.1) is 11.3 Å². The largest absolute Gasteiger partial charge is 0.277 e. The standard InChI is InChI=1S/C10H9FN2O2S2/c1-7-2-3-10(16-7)17(14,15)13-9-4-8(11)5-12-6-9/h2-6,13H,1H3. The lowest BCUT2D eigenvalue weighted by molar-refractivity contribution is 0.603. The summed E-state index contributed by atoms with van der Waals surface area (Å²) in [6.45, 7) is 1.81. The van der Waals surface area contributed by atoms with Gasteiger partial charge >= 0.3 is 0 Å². The van der Waals surface area contributed by atoms with Crippen molar-refractivity contribution in [3.8, 4) is 0 Å². The molecule has 0 aromatic carbocycles. The van der Waals surface area contributed by atoms with E-state index in [9.17, 15) is 12.8 Å². The Kier molecular flexibility index (Phi) is 3.12. The van der Waals surface area contributed by atoms with Crippen molar-refractivity contribution in [2.75, 3.05) is 4.72 Å². The summed E-state index contributed by atoms with van der Waals surface area (Å²) >= 11 is 1.15. The van der Waals surface area contributed by atoms with Crippen molar-refractivity contribution in [3.05, 3.63) is 41.3 Å². The molecule has 1 N–H and O–H groups in total. The molecule has 0 aliphatic rings. The Labute approximate surface area is 102 Å². The molecule has 4 nitrogen and oxygen atoms in total. The second kappa shape index (κ2) is 4.42. The molecule has 0 atom stereocenters. The third-order valence-electron chi connectivity index (χ3n) is 1.94. The van der Waals surface area contributed by atoms with Gasteiger partial charge in [-0.05, 0) is 19.1 Å². The van der Waals surface area contributed by atoms with Crippen molar-refractivity contribution in [1.82, 2.24) is 4.98 Å². The van der Waals surface area contributed by atoms with E-state index in [-0.39, 0.29) is 9.90 Å². The van der Waals surface area contributed by atoms with Gasteiger partial charge in [0.1, 0.15) is 10.0 Å². The van der Waals surface area contributed by atoms with Crippen LogP contribution in [-0.2, 0) is 10.0 Å². The highest BCUT2D eigenvalue weighted by atomic mass is 32.2. The molecular weight excluding hydrogens is 263 g/mol. The minimum atomic E-state index is -3.65. The monoisotopic (exact) mass is 272 g/mol. The fourth-order valence-electron chi connectivity index (χ4n) is 1.23. The Morgan fingerprint density at radius 2 is 2.12 bits per heavy atom. The smallest absolute Gasteiger partial charge is 0.271 e. The van der Waals surface area contributed by atoms with Crippen molar-refractivity contribution < 1.29 is 12.8 Å². The zero-order chi connectivity index (χ0) is 12.5. The molecule has 0 fully saturated rings. The summed E-state index contributed by atoms with van der Waals surface area (Å²) in [4.78, 5) is 4.46. The predicted molar refractivity (Wildman–Crippen MR) is 64.1 cm³/mol. The van der Waals surface area contributed by atoms with Crippen LogP contribution in [0.1, 0.15) is 4.88 Å². The van der Waals surface area contributed by atoms with Crippen LogP contribution in [-0.4, -0.2) is 13.4 Å². The Hall–Kier alpha value is -1.47. The molecule has 17 heavy (non-hydrogen) atoms. The predicted octanol–water partition coefficient (Wildman–Crippen LogP) is 2.39. The van der Waals surface area contributed by atoms with E-state index in [2.05, 4.69) is 9.71 Å². The van der Waals surface area contributed by atoms with Crippen LogP contribution < -0.4 is 4.72 Å². The summed E-state index contributed by atoms with van der Waals surface area (Å²) in [5, 5.41) is 0. The van der Waals surface area contributed by atoms with E-state index in [1.165, 1.54) is 12.3 Å². The van der Waals surface area contributed by atoms with E-state index < -0.39 is 15.8 Å². The normalized spacial score (nSPS) is 11.4. The van der Waals surface area contributed by atoms with Crippen LogP contribution in [0, 0.1) is 12.7 Å². The highest BCUT2D eigenvalue weighted by Crippen LogP contribution is 2.23. The molecule has 0 bridgehead atoms. The van der Waals surface area contributed by atoms with E-state index in [1.54, 1.807) is 6.07 Å². The molecule has 0 aliphatic heterocycles. The summed E-state index contributed by atoms with van der Waals surface area (Å²) in [5.41, 5.74) is 0.107. The topological polar surface area (TPSA) is 59.1 Å². The molecule has 0 saturated carbocycles. The number of thiophene rings is 1. The average molecular weight is 272 g/mol. The number of aromatic nitrogens is 1. The molecule has 0 radical (unpaired) electrons. The van der Waals surface area contributed by atoms with Gasteiger partial charge in [0.15, 0.2) is 0 Å². The lowest BCUT2D eigenvalue weighted by Crippen LogP contribution is -2.11. The molecule has 0 saturated heterocycles. The number of hydrogen-bond donors (Lipinski definition) is 1. The van der Waals surface area contributed by atoms with Gasteiger partial charge in [-0.2, -0.15) is 0 Å². The first kappa shape index (κ1) is 12.0. The Bertz CT molecular complexity index is 637. The lowest BCUT2D eigenvalue weighted by atomic mass is 10.4. The van der Waals surface area contributed by atoms with E-state index >= 15 is 0 Å². The zero-order valence-corrected chi connectivity index (χ0v) is 10.5. The number of rotatable bonds is 3. The molecule has 2 aromatic rings. The number of hydrogen-bond acceptors (Lipinski definition) is 4. The van der Waals surface area contributed by atoms with Crippen molar-refractivity contribution in [1.29, 1.82) is 0 Å². The molecule has 7 heteroatoms. The summed E-state index contributed by atoms with van der Waals surface area (Å²) < 4.78 is 39.1. The maximum Gasteiger partial charge on any atom is 0.271 e. The maximum atomic E-state index is 12.9. The van der Waals surface area contributed by atoms with Gasteiger partial charge in [-0.25, -0.2) is 12.8 Å². The Balaban J connectivity index is 2.29. The molecule has 90 valence electrons. The first-order valence-electron chi connectivity index (χ1n) is 4.67. The number of nitrogens with zero attached hydrogens (tertiary/aromatic N) is 1. The van der Waals surface area contributed by atoms with Gasteiger partial charge in [0.05, 0.1) is 18.1 Å². The van der Waals surface area contributed by atoms with Crippen LogP contribution in [0.3, 0.4) is 0 Å². The fraction of sp³-hybridized carbons (Fsp3) is 0.100. The summed E-state index contributed by atoms with van der Waals surface area (Å²) in [7, 11) is -3.65. The van der Waals surface area contributed by atoms with Crippen molar-refractivity contribution in [3.63, 3.8) is 0 Å². The van der Waals surface area contributed by atoms with Crippen molar-refractivity contribution in [2.24, 2.45) is 0 Å². The summed E-state index contributed by atoms with van der Waals surface area (Å²) in [5.74, 6) is -0.590. The summed E-state index contributed by atoms with van der Waals surface area (Å²) in [6.07, 6.45) is 2.26. The number of sulfonamides is 1. The van der Waals surface area contributed by atoms with E-state index in [4.69, 9.17) is 0 Å². The van der Waals surface area contributed by atoms with Crippen LogP contribution in [0.15, 0.2) is 34.8 Å². The first-order valence-corrected chi connectivity index (χ1v) is 6.97. The molecular formula is C10H9FN2O2S2. The van der Waals surface area contributed by atoms with Gasteiger partial charge in [0.2, 0.25) is 0 Å². The lowest BCUT2D eigenvalue weighted by Gasteiger charge is -2.05. The molecule has 0 unspecified atom stereocenters. The zero-order valence-electron chi connectivity index (χ0n) is 8.84. The third kappa shape index (κ3) is 2.80. The Morgan fingerprint density at radius 3 is 2.71 bits per heavy atom. The number of anilines is 1. The molecule has 2 aromatic heterocycles. The third-order valence-corrected chi connectivity index (χ3v) is 4.81. The first-order chi connectivity index (χ1) is 7.97. The summed E-state index contributed by atoms with van der Waals surface area (Å²) in [6, 6.07) is 4.29. The Morgan fingerprint density at radius 1 is 1.35 bits per heavy atom. The number of nitrogens with one attached hydrogen (secondary N) is 1. The quantitative estimate of drug-likeness (QED) is 0.933. The van der Waals surface area contributed by atoms with E-state index in [0.29, 0.717) is 0 Å². The minimum absolute atomic E-state index is 0.107. The molecule has 0 aliphatic carbocycles. The number of pyridine rings is 1. The van der Waals surface area contributed by atoms with Gasteiger partial charge in [-0.1, -0.05) is 0 Å². The highest BCUT2D eigenvalue weighted by molar-refractivity contribution is 7.94. The van der Waals surface area contributed by atoms with E-state index in [1.807, 2.05) is 6.92 Å². The van der Waals surface area contributed by atoms with Gasteiger partial charge in [-0.3, -0.25) is 9.71 Å². The SMILES string of the molecule is Cc1ccc(S(=O)(=O)Nc2cncc(F)c2)s1. The van der Waals surface area contributed by atoms with Gasteiger partial charge < -0.3 is 0 Å². The molecule has 2 rings (SSSR count). The van der Waals surface area contributed by atoms with Crippen LogP contribution in [0.25, 0.3) is 0 Å². The number of aryl methyl sites for hydroxylation is 1. The van der Waals surface area contributed by atoms with Crippen LogP contribution in [0.2, 0.25) is 0 Å². The van der Waals surface area contributed by atoms with Crippen molar-refractivity contribution in [2.45, 2.75) is 11.1 Å². The second-order valence-electron chi connectivity index (χ2n) is 3.36. The van der Waals surface area contributed by atoms with E-state index in [0.717, 1.165) is 28.5 Å². The van der Waals surface area contributed by atoms with Crippen molar-refractivity contribution >= 4 is 27.0 Å². The fourth-order valence-corrected chi connectivity index (χ4v) is 3.55. The minimum Gasteiger partial charge on any atom is -0.277 e. The van der Waals surface area contributed by atoms with Crippen LogP contribution in [0.5, 0.6) is 0 Å². The van der Waals surface area contributed by atoms with Crippen LogP contribution >= 0.6 is 11.3 Å². The molecule has 2 heterocycles.